The van der Waals surface area contributed by atoms with Gasteiger partial charge in [-0.25, -0.2) is 4.98 Å². The summed E-state index contributed by atoms with van der Waals surface area (Å²) in [4.78, 5) is 31.9. The molecule has 2 aromatic carbocycles. The van der Waals surface area contributed by atoms with Gasteiger partial charge < -0.3 is 15.0 Å². The topological polar surface area (TPSA) is 71.5 Å². The summed E-state index contributed by atoms with van der Waals surface area (Å²) in [7, 11) is 3.36. The van der Waals surface area contributed by atoms with Crippen molar-refractivity contribution in [2.45, 2.75) is 0 Å². The van der Waals surface area contributed by atoms with Gasteiger partial charge in [0.15, 0.2) is 6.61 Å². The van der Waals surface area contributed by atoms with Gasteiger partial charge in [-0.1, -0.05) is 24.3 Å². The van der Waals surface area contributed by atoms with Crippen LogP contribution in [0.4, 0.5) is 5.69 Å². The van der Waals surface area contributed by atoms with Crippen LogP contribution in [-0.2, 0) is 4.79 Å². The van der Waals surface area contributed by atoms with E-state index in [0.29, 0.717) is 17.0 Å². The molecule has 4 aromatic rings. The summed E-state index contributed by atoms with van der Waals surface area (Å²) in [5.74, 6) is 0.221. The van der Waals surface area contributed by atoms with E-state index in [1.54, 1.807) is 49.7 Å². The Kier molecular flexibility index (Phi) is 5.95. The molecule has 2 aromatic heterocycles. The lowest BCUT2D eigenvalue weighted by atomic mass is 10.1. The fraction of sp³-hybridized carbons (Fsp3) is 0.125. The molecule has 4 rings (SSSR count). The first kappa shape index (κ1) is 20.6. The van der Waals surface area contributed by atoms with Gasteiger partial charge in [0, 0.05) is 25.2 Å². The summed E-state index contributed by atoms with van der Waals surface area (Å²) in [6.45, 7) is -0.0345. The van der Waals surface area contributed by atoms with Crippen LogP contribution in [0.1, 0.15) is 10.4 Å². The molecule has 0 spiro atoms. The second-order valence-corrected chi connectivity index (χ2v) is 8.05. The third-order valence-electron chi connectivity index (χ3n) is 4.71. The lowest BCUT2D eigenvalue weighted by Crippen LogP contribution is -2.27. The number of carbonyl (C=O) groups is 2. The number of likely N-dealkylation sites (N-methyl/N-ethyl adjacent to an activating group) is 1. The Hall–Kier alpha value is -3.71. The third kappa shape index (κ3) is 4.73. The molecule has 0 radical (unpaired) electrons. The zero-order valence-corrected chi connectivity index (χ0v) is 18.0. The predicted molar refractivity (Wildman–Crippen MR) is 124 cm³/mol. The van der Waals surface area contributed by atoms with Crippen molar-refractivity contribution in [1.82, 2.24) is 9.88 Å². The molecule has 6 nitrogen and oxygen atoms in total. The Labute approximate surface area is 184 Å². The molecule has 2 amide bonds. The van der Waals surface area contributed by atoms with Crippen LogP contribution in [0.3, 0.4) is 0 Å². The number of para-hydroxylation sites is 1. The summed E-state index contributed by atoms with van der Waals surface area (Å²) in [5, 5.41) is 5.72. The molecular formula is C24H21N3O3S. The summed E-state index contributed by atoms with van der Waals surface area (Å²) >= 11 is 1.58. The molecule has 0 unspecified atom stereocenters. The zero-order valence-electron chi connectivity index (χ0n) is 17.2. The minimum atomic E-state index is -0.215. The first-order valence-electron chi connectivity index (χ1n) is 9.69. The van der Waals surface area contributed by atoms with Gasteiger partial charge in [0.05, 0.1) is 21.7 Å². The van der Waals surface area contributed by atoms with Gasteiger partial charge in [-0.15, -0.1) is 11.3 Å². The van der Waals surface area contributed by atoms with Crippen LogP contribution in [0.2, 0.25) is 0 Å². The molecule has 0 saturated carbocycles. The summed E-state index contributed by atoms with van der Waals surface area (Å²) < 4.78 is 5.48. The Bertz CT molecular complexity index is 1220. The van der Waals surface area contributed by atoms with E-state index in [1.807, 2.05) is 47.8 Å². The smallest absolute Gasteiger partial charge is 0.259 e. The largest absolute Gasteiger partial charge is 0.484 e. The zero-order chi connectivity index (χ0) is 21.8. The second-order valence-electron chi connectivity index (χ2n) is 7.10. The maximum absolute atomic E-state index is 13.1. The molecule has 0 aliphatic rings. The highest BCUT2D eigenvalue weighted by molar-refractivity contribution is 7.13. The fourth-order valence-electron chi connectivity index (χ4n) is 3.02. The number of hydrogen-bond acceptors (Lipinski definition) is 5. The van der Waals surface area contributed by atoms with Gasteiger partial charge in [-0.3, -0.25) is 9.59 Å². The van der Waals surface area contributed by atoms with Crippen molar-refractivity contribution in [3.8, 4) is 16.3 Å². The highest BCUT2D eigenvalue weighted by Gasteiger charge is 2.15. The standard InChI is InChI=1S/C24H21N3O3S/c1-27(2)23(28)15-30-17-11-9-16(10-12-17)25-24(29)19-14-21(22-8-5-13-31-22)26-20-7-4-3-6-18(19)20/h3-14H,15H2,1-2H3,(H,25,29). The lowest BCUT2D eigenvalue weighted by Gasteiger charge is -2.12. The number of thiophene rings is 1. The number of nitrogens with one attached hydrogen (secondary N) is 1. The maximum Gasteiger partial charge on any atom is 0.259 e. The first-order valence-corrected chi connectivity index (χ1v) is 10.6. The number of rotatable bonds is 6. The Morgan fingerprint density at radius 3 is 2.52 bits per heavy atom. The number of fused-ring (bicyclic) bond motifs is 1. The van der Waals surface area contributed by atoms with Gasteiger partial charge >= 0.3 is 0 Å². The van der Waals surface area contributed by atoms with Crippen molar-refractivity contribution in [2.24, 2.45) is 0 Å². The van der Waals surface area contributed by atoms with Gasteiger partial charge in [-0.2, -0.15) is 0 Å². The van der Waals surface area contributed by atoms with Crippen LogP contribution in [-0.4, -0.2) is 42.4 Å². The molecule has 0 aliphatic carbocycles. The van der Waals surface area contributed by atoms with Gasteiger partial charge in [0.2, 0.25) is 0 Å². The Morgan fingerprint density at radius 1 is 1.03 bits per heavy atom. The second kappa shape index (κ2) is 8.97. The molecule has 1 N–H and O–H groups in total. The summed E-state index contributed by atoms with van der Waals surface area (Å²) in [6, 6.07) is 20.3. The molecular weight excluding hydrogens is 410 g/mol. The molecule has 0 saturated heterocycles. The number of carbonyl (C=O) groups excluding carboxylic acids is 2. The van der Waals surface area contributed by atoms with Crippen LogP contribution >= 0.6 is 11.3 Å². The van der Waals surface area contributed by atoms with Crippen LogP contribution in [0.15, 0.2) is 72.1 Å². The molecule has 0 aliphatic heterocycles. The Morgan fingerprint density at radius 2 is 1.81 bits per heavy atom. The van der Waals surface area contributed by atoms with E-state index < -0.39 is 0 Å². The van der Waals surface area contributed by atoms with Crippen LogP contribution in [0.25, 0.3) is 21.5 Å². The van der Waals surface area contributed by atoms with Crippen molar-refractivity contribution >= 4 is 39.7 Å². The molecule has 7 heteroatoms. The minimum absolute atomic E-state index is 0.0345. The third-order valence-corrected chi connectivity index (χ3v) is 5.60. The fourth-order valence-corrected chi connectivity index (χ4v) is 3.71. The minimum Gasteiger partial charge on any atom is -0.484 e. The van der Waals surface area contributed by atoms with Crippen molar-refractivity contribution in [3.05, 3.63) is 77.7 Å². The van der Waals surface area contributed by atoms with Crippen molar-refractivity contribution in [1.29, 1.82) is 0 Å². The number of pyridine rings is 1. The predicted octanol–water partition coefficient (Wildman–Crippen LogP) is 4.68. The normalized spacial score (nSPS) is 10.6. The van der Waals surface area contributed by atoms with Crippen molar-refractivity contribution in [3.63, 3.8) is 0 Å². The number of benzene rings is 2. The van der Waals surface area contributed by atoms with Crippen LogP contribution in [0, 0.1) is 0 Å². The molecule has 0 bridgehead atoms. The van der Waals surface area contributed by atoms with E-state index >= 15 is 0 Å². The number of aromatic nitrogens is 1. The number of anilines is 1. The highest BCUT2D eigenvalue weighted by Crippen LogP contribution is 2.28. The average molecular weight is 432 g/mol. The summed E-state index contributed by atoms with van der Waals surface area (Å²) in [5.41, 5.74) is 2.74. The average Bonchev–Trinajstić information content (AvgIpc) is 3.32. The maximum atomic E-state index is 13.1. The monoisotopic (exact) mass is 431 g/mol. The first-order chi connectivity index (χ1) is 15.0. The summed E-state index contributed by atoms with van der Waals surface area (Å²) in [6.07, 6.45) is 0. The molecule has 0 atom stereocenters. The molecule has 2 heterocycles. The quantitative estimate of drug-likeness (QED) is 0.481. The Balaban J connectivity index is 1.55. The molecule has 156 valence electrons. The van der Waals surface area contributed by atoms with Crippen LogP contribution in [0.5, 0.6) is 5.75 Å². The number of hydrogen-bond donors (Lipinski definition) is 1. The van der Waals surface area contributed by atoms with E-state index in [9.17, 15) is 9.59 Å². The number of ether oxygens (including phenoxy) is 1. The van der Waals surface area contributed by atoms with E-state index in [1.165, 1.54) is 4.90 Å². The van der Waals surface area contributed by atoms with Crippen molar-refractivity contribution < 1.29 is 14.3 Å². The van der Waals surface area contributed by atoms with E-state index in [4.69, 9.17) is 9.72 Å². The molecule has 0 fully saturated rings. The molecule has 31 heavy (non-hydrogen) atoms. The SMILES string of the molecule is CN(C)C(=O)COc1ccc(NC(=O)c2cc(-c3cccs3)nc3ccccc23)cc1. The number of nitrogens with zero attached hydrogens (tertiary/aromatic N) is 2. The van der Waals surface area contributed by atoms with E-state index in [-0.39, 0.29) is 18.4 Å². The van der Waals surface area contributed by atoms with Gasteiger partial charge in [0.25, 0.3) is 11.8 Å². The highest BCUT2D eigenvalue weighted by atomic mass is 32.1. The van der Waals surface area contributed by atoms with Crippen LogP contribution < -0.4 is 10.1 Å². The van der Waals surface area contributed by atoms with E-state index in [0.717, 1.165) is 21.5 Å². The number of amides is 2. The van der Waals surface area contributed by atoms with E-state index in [2.05, 4.69) is 5.32 Å². The van der Waals surface area contributed by atoms with Gasteiger partial charge in [0.1, 0.15) is 5.75 Å². The lowest BCUT2D eigenvalue weighted by molar-refractivity contribution is -0.130. The van der Waals surface area contributed by atoms with Gasteiger partial charge in [-0.05, 0) is 47.8 Å². The van der Waals surface area contributed by atoms with Crippen molar-refractivity contribution in [2.75, 3.05) is 26.0 Å².